The van der Waals surface area contributed by atoms with Gasteiger partial charge in [-0.15, -0.1) is 5.10 Å². The van der Waals surface area contributed by atoms with Crippen LogP contribution in [-0.2, 0) is 0 Å². The Balaban J connectivity index is 1.89. The Hall–Kier alpha value is -3.24. The van der Waals surface area contributed by atoms with Crippen LogP contribution in [0.2, 0.25) is 5.02 Å². The lowest BCUT2D eigenvalue weighted by molar-refractivity contribution is 0.105. The Morgan fingerprint density at radius 3 is 2.35 bits per heavy atom. The molecule has 0 saturated heterocycles. The highest BCUT2D eigenvalue weighted by atomic mass is 35.5. The number of hydrogen-bond acceptors (Lipinski definition) is 3. The Bertz CT molecular complexity index is 1100. The number of allylic oxidation sites excluding steroid dienone is 1. The van der Waals surface area contributed by atoms with Gasteiger partial charge in [0.2, 0.25) is 5.78 Å². The zero-order valence-electron chi connectivity index (χ0n) is 13.7. The van der Waals surface area contributed by atoms with Crippen molar-refractivity contribution in [1.82, 2.24) is 15.0 Å². The van der Waals surface area contributed by atoms with E-state index in [0.29, 0.717) is 16.3 Å². The predicted molar refractivity (Wildman–Crippen MR) is 104 cm³/mol. The summed E-state index contributed by atoms with van der Waals surface area (Å²) in [6.45, 7) is 0. The van der Waals surface area contributed by atoms with Crippen molar-refractivity contribution in [3.8, 4) is 0 Å². The molecule has 0 N–H and O–H groups in total. The summed E-state index contributed by atoms with van der Waals surface area (Å²) in [5.41, 5.74) is 3.38. The number of Topliss-reactive ketones (excluding diaryl/α,β-unsaturated/α-hetero) is 1. The SMILES string of the molecule is O=C(C(=Cc1ccc(Cl)cc1)n1nnc2ccccc21)c1ccccc1. The first-order chi connectivity index (χ1) is 12.7. The summed E-state index contributed by atoms with van der Waals surface area (Å²) in [7, 11) is 0. The van der Waals surface area contributed by atoms with Crippen LogP contribution in [-0.4, -0.2) is 20.8 Å². The molecule has 0 saturated carbocycles. The zero-order chi connectivity index (χ0) is 17.9. The van der Waals surface area contributed by atoms with E-state index in [1.165, 1.54) is 0 Å². The van der Waals surface area contributed by atoms with Crippen molar-refractivity contribution in [3.05, 3.63) is 95.0 Å². The van der Waals surface area contributed by atoms with E-state index < -0.39 is 0 Å². The number of halogens is 1. The summed E-state index contributed by atoms with van der Waals surface area (Å²) in [4.78, 5) is 13.2. The molecule has 1 heterocycles. The molecule has 0 aliphatic carbocycles. The van der Waals surface area contributed by atoms with Crippen LogP contribution in [0, 0.1) is 0 Å². The average Bonchev–Trinajstić information content (AvgIpc) is 3.12. The van der Waals surface area contributed by atoms with Crippen molar-refractivity contribution < 1.29 is 4.79 Å². The lowest BCUT2D eigenvalue weighted by Crippen LogP contribution is -2.11. The third kappa shape index (κ3) is 3.15. The van der Waals surface area contributed by atoms with Gasteiger partial charge in [0.05, 0.1) is 5.52 Å². The second kappa shape index (κ2) is 6.94. The number of rotatable bonds is 4. The number of aromatic nitrogens is 3. The van der Waals surface area contributed by atoms with E-state index in [1.807, 2.05) is 54.6 Å². The molecule has 1 aromatic heterocycles. The quantitative estimate of drug-likeness (QED) is 0.382. The Morgan fingerprint density at radius 2 is 1.58 bits per heavy atom. The number of carbonyl (C=O) groups excluding carboxylic acids is 1. The summed E-state index contributed by atoms with van der Waals surface area (Å²) < 4.78 is 1.58. The van der Waals surface area contributed by atoms with E-state index in [4.69, 9.17) is 11.6 Å². The van der Waals surface area contributed by atoms with Crippen LogP contribution in [0.3, 0.4) is 0 Å². The lowest BCUT2D eigenvalue weighted by Gasteiger charge is -2.08. The molecule has 4 aromatic rings. The van der Waals surface area contributed by atoms with Crippen LogP contribution in [0.25, 0.3) is 22.8 Å². The molecule has 0 spiro atoms. The normalized spacial score (nSPS) is 11.7. The molecule has 0 unspecified atom stereocenters. The maximum atomic E-state index is 13.2. The van der Waals surface area contributed by atoms with E-state index in [0.717, 1.165) is 16.6 Å². The van der Waals surface area contributed by atoms with Crippen LogP contribution in [0.4, 0.5) is 0 Å². The molecule has 0 amide bonds. The van der Waals surface area contributed by atoms with Gasteiger partial charge in [-0.2, -0.15) is 0 Å². The molecule has 3 aromatic carbocycles. The van der Waals surface area contributed by atoms with Crippen molar-refractivity contribution in [2.75, 3.05) is 0 Å². The molecule has 0 atom stereocenters. The smallest absolute Gasteiger partial charge is 0.211 e. The van der Waals surface area contributed by atoms with Gasteiger partial charge < -0.3 is 0 Å². The standard InChI is InChI=1S/C21H14ClN3O/c22-17-12-10-15(11-13-17)14-20(21(26)16-6-2-1-3-7-16)25-19-9-5-4-8-18(19)23-24-25/h1-14H. The van der Waals surface area contributed by atoms with Crippen LogP contribution >= 0.6 is 11.6 Å². The summed E-state index contributed by atoms with van der Waals surface area (Å²) >= 11 is 5.97. The van der Waals surface area contributed by atoms with Gasteiger partial charge in [0.25, 0.3) is 0 Å². The van der Waals surface area contributed by atoms with Crippen LogP contribution in [0.5, 0.6) is 0 Å². The van der Waals surface area contributed by atoms with Crippen LogP contribution in [0.15, 0.2) is 78.9 Å². The van der Waals surface area contributed by atoms with E-state index >= 15 is 0 Å². The minimum Gasteiger partial charge on any atom is -0.287 e. The van der Waals surface area contributed by atoms with E-state index in [2.05, 4.69) is 10.3 Å². The third-order valence-corrected chi connectivity index (χ3v) is 4.27. The third-order valence-electron chi connectivity index (χ3n) is 4.02. The topological polar surface area (TPSA) is 47.8 Å². The minimum atomic E-state index is -0.129. The molecule has 126 valence electrons. The molecule has 0 aliphatic rings. The number of fused-ring (bicyclic) bond motifs is 1. The summed E-state index contributed by atoms with van der Waals surface area (Å²) in [6.07, 6.45) is 1.80. The number of carbonyl (C=O) groups is 1. The van der Waals surface area contributed by atoms with Crippen molar-refractivity contribution in [1.29, 1.82) is 0 Å². The van der Waals surface area contributed by atoms with Gasteiger partial charge in [0.15, 0.2) is 0 Å². The fourth-order valence-corrected chi connectivity index (χ4v) is 2.85. The average molecular weight is 360 g/mol. The molecule has 0 fully saturated rings. The Morgan fingerprint density at radius 1 is 0.885 bits per heavy atom. The summed E-state index contributed by atoms with van der Waals surface area (Å²) in [5.74, 6) is -0.129. The number of benzene rings is 3. The van der Waals surface area contributed by atoms with Crippen LogP contribution in [0.1, 0.15) is 15.9 Å². The molecule has 4 rings (SSSR count). The fourth-order valence-electron chi connectivity index (χ4n) is 2.72. The molecule has 26 heavy (non-hydrogen) atoms. The van der Waals surface area contributed by atoms with E-state index in [-0.39, 0.29) is 5.78 Å². The number of ketones is 1. The van der Waals surface area contributed by atoms with Gasteiger partial charge in [-0.3, -0.25) is 4.79 Å². The maximum absolute atomic E-state index is 13.2. The summed E-state index contributed by atoms with van der Waals surface area (Å²) in [5, 5.41) is 9.02. The number of para-hydroxylation sites is 1. The van der Waals surface area contributed by atoms with Gasteiger partial charge in [-0.1, -0.05) is 71.4 Å². The van der Waals surface area contributed by atoms with Gasteiger partial charge in [-0.25, -0.2) is 4.68 Å². The fraction of sp³-hybridized carbons (Fsp3) is 0. The highest BCUT2D eigenvalue weighted by Gasteiger charge is 2.18. The second-order valence-corrected chi connectivity index (χ2v) is 6.20. The second-order valence-electron chi connectivity index (χ2n) is 5.77. The molecule has 4 nitrogen and oxygen atoms in total. The molecule has 5 heteroatoms. The zero-order valence-corrected chi connectivity index (χ0v) is 14.5. The first-order valence-corrected chi connectivity index (χ1v) is 8.48. The van der Waals surface area contributed by atoms with E-state index in [9.17, 15) is 4.79 Å². The highest BCUT2D eigenvalue weighted by molar-refractivity contribution is 6.31. The van der Waals surface area contributed by atoms with E-state index in [1.54, 1.807) is 35.0 Å². The van der Waals surface area contributed by atoms with Crippen LogP contribution < -0.4 is 0 Å². The molecule has 0 radical (unpaired) electrons. The Labute approximate surface area is 155 Å². The molecular weight excluding hydrogens is 346 g/mol. The van der Waals surface area contributed by atoms with Crippen molar-refractivity contribution in [2.24, 2.45) is 0 Å². The van der Waals surface area contributed by atoms with Crippen molar-refractivity contribution in [2.45, 2.75) is 0 Å². The Kier molecular flexibility index (Phi) is 4.33. The lowest BCUT2D eigenvalue weighted by atomic mass is 10.1. The monoisotopic (exact) mass is 359 g/mol. The highest BCUT2D eigenvalue weighted by Crippen LogP contribution is 2.22. The number of hydrogen-bond donors (Lipinski definition) is 0. The summed E-state index contributed by atoms with van der Waals surface area (Å²) in [6, 6.07) is 24.0. The first kappa shape index (κ1) is 16.2. The maximum Gasteiger partial charge on any atom is 0.211 e. The number of nitrogens with zero attached hydrogens (tertiary/aromatic N) is 3. The van der Waals surface area contributed by atoms with Gasteiger partial charge in [-0.05, 0) is 35.9 Å². The largest absolute Gasteiger partial charge is 0.287 e. The van der Waals surface area contributed by atoms with Gasteiger partial charge >= 0.3 is 0 Å². The molecule has 0 aliphatic heterocycles. The molecule has 0 bridgehead atoms. The van der Waals surface area contributed by atoms with Gasteiger partial charge in [0, 0.05) is 10.6 Å². The molecular formula is C21H14ClN3O. The van der Waals surface area contributed by atoms with Gasteiger partial charge in [0.1, 0.15) is 11.2 Å². The predicted octanol–water partition coefficient (Wildman–Crippen LogP) is 4.97. The van der Waals surface area contributed by atoms with Crippen molar-refractivity contribution in [3.63, 3.8) is 0 Å². The first-order valence-electron chi connectivity index (χ1n) is 8.10. The minimum absolute atomic E-state index is 0.129. The van der Waals surface area contributed by atoms with Crippen molar-refractivity contribution >= 4 is 40.2 Å².